The molecule has 0 saturated carbocycles. The molecular weight excluding hydrogens is 501 g/mol. The van der Waals surface area contributed by atoms with Crippen LogP contribution in [0.5, 0.6) is 0 Å². The van der Waals surface area contributed by atoms with Gasteiger partial charge in [-0.2, -0.15) is 5.10 Å². The predicted molar refractivity (Wildman–Crippen MR) is 149 cm³/mol. The first-order chi connectivity index (χ1) is 18.0. The van der Waals surface area contributed by atoms with Crippen molar-refractivity contribution in [1.82, 2.24) is 24.6 Å². The molecule has 2 aromatic carbocycles. The third kappa shape index (κ3) is 7.29. The fraction of sp³-hybridized carbons (Fsp3) is 0.393. The van der Waals surface area contributed by atoms with Crippen LogP contribution in [0.3, 0.4) is 0 Å². The largest absolute Gasteiger partial charge is 0.465 e. The third-order valence-electron chi connectivity index (χ3n) is 6.35. The number of aryl methyl sites for hydroxylation is 2. The normalized spacial score (nSPS) is 12.7. The zero-order chi connectivity index (χ0) is 27.4. The SMILES string of the molecule is Cc1cn(Cc2cccc(F)c2)c(C(Cc2cc(C)c3nn(COCC[Si](C)(C)C)cc3c2)NC(=O)O)n1. The number of amides is 1. The highest BCUT2D eigenvalue weighted by molar-refractivity contribution is 6.76. The maximum atomic E-state index is 13.8. The van der Waals surface area contributed by atoms with Gasteiger partial charge in [0.1, 0.15) is 18.4 Å². The van der Waals surface area contributed by atoms with Crippen molar-refractivity contribution in [2.45, 2.75) is 65.3 Å². The van der Waals surface area contributed by atoms with Crippen molar-refractivity contribution in [3.63, 3.8) is 0 Å². The van der Waals surface area contributed by atoms with E-state index in [0.29, 0.717) is 25.5 Å². The molecule has 4 rings (SSSR count). The van der Waals surface area contributed by atoms with Gasteiger partial charge in [-0.05, 0) is 54.8 Å². The number of carbonyl (C=O) groups is 1. The molecule has 2 aromatic heterocycles. The van der Waals surface area contributed by atoms with Crippen LogP contribution in [0.2, 0.25) is 25.7 Å². The molecule has 2 heterocycles. The lowest BCUT2D eigenvalue weighted by Gasteiger charge is -2.19. The maximum Gasteiger partial charge on any atom is 0.405 e. The van der Waals surface area contributed by atoms with Gasteiger partial charge in [-0.1, -0.05) is 37.8 Å². The van der Waals surface area contributed by atoms with E-state index in [1.165, 1.54) is 12.1 Å². The number of benzene rings is 2. The number of halogens is 1. The van der Waals surface area contributed by atoms with Gasteiger partial charge in [-0.3, -0.25) is 0 Å². The molecule has 0 aliphatic heterocycles. The molecule has 1 atom stereocenters. The summed E-state index contributed by atoms with van der Waals surface area (Å²) >= 11 is 0. The predicted octanol–water partition coefficient (Wildman–Crippen LogP) is 5.90. The number of hydrogen-bond acceptors (Lipinski definition) is 4. The summed E-state index contributed by atoms with van der Waals surface area (Å²) in [6.45, 7) is 12.3. The van der Waals surface area contributed by atoms with Crippen molar-refractivity contribution >= 4 is 25.1 Å². The summed E-state index contributed by atoms with van der Waals surface area (Å²) in [5.74, 6) is 0.269. The quantitative estimate of drug-likeness (QED) is 0.183. The number of imidazole rings is 1. The van der Waals surface area contributed by atoms with Gasteiger partial charge in [0, 0.05) is 45.4 Å². The van der Waals surface area contributed by atoms with Crippen LogP contribution in [0.1, 0.15) is 34.3 Å². The lowest BCUT2D eigenvalue weighted by molar-refractivity contribution is 0.0791. The van der Waals surface area contributed by atoms with E-state index in [0.717, 1.165) is 45.9 Å². The maximum absolute atomic E-state index is 13.8. The van der Waals surface area contributed by atoms with Crippen LogP contribution in [0.25, 0.3) is 10.9 Å². The first-order valence-corrected chi connectivity index (χ1v) is 16.5. The van der Waals surface area contributed by atoms with E-state index in [9.17, 15) is 14.3 Å². The van der Waals surface area contributed by atoms with Gasteiger partial charge in [0.25, 0.3) is 0 Å². The minimum absolute atomic E-state index is 0.313. The summed E-state index contributed by atoms with van der Waals surface area (Å²) in [5.41, 5.74) is 4.40. The molecule has 1 unspecified atom stereocenters. The van der Waals surface area contributed by atoms with Crippen molar-refractivity contribution in [2.75, 3.05) is 6.61 Å². The zero-order valence-electron chi connectivity index (χ0n) is 22.7. The fourth-order valence-corrected chi connectivity index (χ4v) is 5.31. The van der Waals surface area contributed by atoms with Gasteiger partial charge in [-0.15, -0.1) is 0 Å². The van der Waals surface area contributed by atoms with Crippen LogP contribution in [0.4, 0.5) is 9.18 Å². The van der Waals surface area contributed by atoms with Crippen molar-refractivity contribution in [2.24, 2.45) is 0 Å². The van der Waals surface area contributed by atoms with Crippen molar-refractivity contribution < 1.29 is 19.0 Å². The highest BCUT2D eigenvalue weighted by Crippen LogP contribution is 2.25. The summed E-state index contributed by atoms with van der Waals surface area (Å²) < 4.78 is 23.3. The highest BCUT2D eigenvalue weighted by Gasteiger charge is 2.22. The summed E-state index contributed by atoms with van der Waals surface area (Å²) in [6, 6.07) is 11.0. The lowest BCUT2D eigenvalue weighted by atomic mass is 10.0. The number of rotatable bonds is 11. The molecule has 0 spiro atoms. The van der Waals surface area contributed by atoms with Gasteiger partial charge in [0.2, 0.25) is 0 Å². The molecule has 10 heteroatoms. The molecule has 0 fully saturated rings. The molecule has 4 aromatic rings. The number of ether oxygens (including phenoxy) is 1. The number of aromatic nitrogens is 4. The topological polar surface area (TPSA) is 94.2 Å². The average Bonchev–Trinajstić information content (AvgIpc) is 3.38. The minimum atomic E-state index is -1.15. The number of carboxylic acid groups (broad SMARTS) is 1. The monoisotopic (exact) mass is 537 g/mol. The van der Waals surface area contributed by atoms with Crippen LogP contribution in [0, 0.1) is 19.7 Å². The van der Waals surface area contributed by atoms with E-state index >= 15 is 0 Å². The Morgan fingerprint density at radius 2 is 1.95 bits per heavy atom. The number of hydrogen-bond donors (Lipinski definition) is 2. The molecule has 8 nitrogen and oxygen atoms in total. The molecule has 2 N–H and O–H groups in total. The Bertz CT molecular complexity index is 1430. The van der Waals surface area contributed by atoms with Gasteiger partial charge in [-0.25, -0.2) is 18.9 Å². The van der Waals surface area contributed by atoms with Crippen LogP contribution in [-0.2, 0) is 24.4 Å². The first kappa shape index (κ1) is 27.5. The van der Waals surface area contributed by atoms with Gasteiger partial charge in [0.05, 0.1) is 17.3 Å². The minimum Gasteiger partial charge on any atom is -0.465 e. The fourth-order valence-electron chi connectivity index (χ4n) is 4.55. The van der Waals surface area contributed by atoms with Crippen molar-refractivity contribution in [1.29, 1.82) is 0 Å². The van der Waals surface area contributed by atoms with Gasteiger partial charge < -0.3 is 19.7 Å². The first-order valence-electron chi connectivity index (χ1n) is 12.8. The standard InChI is InChI=1S/C28H36FN5O3Si/c1-19-11-22(12-23-17-34(32-26(19)23)18-37-9-10-38(3,4)5)14-25(31-28(35)36)27-30-20(2)15-33(27)16-21-7-6-8-24(29)13-21/h6-8,11-13,15,17,25,31H,9-10,14,16,18H2,1-5H3,(H,35,36). The second-order valence-corrected chi connectivity index (χ2v) is 16.7. The summed E-state index contributed by atoms with van der Waals surface area (Å²) in [6.07, 6.45) is 3.10. The Hall–Kier alpha value is -3.50. The van der Waals surface area contributed by atoms with E-state index < -0.39 is 20.2 Å². The molecule has 0 saturated heterocycles. The molecule has 0 radical (unpaired) electrons. The highest BCUT2D eigenvalue weighted by atomic mass is 28.3. The van der Waals surface area contributed by atoms with E-state index in [1.807, 2.05) is 53.7 Å². The zero-order valence-corrected chi connectivity index (χ0v) is 23.7. The van der Waals surface area contributed by atoms with Crippen LogP contribution in [0.15, 0.2) is 48.8 Å². The molecule has 38 heavy (non-hydrogen) atoms. The number of fused-ring (bicyclic) bond motifs is 1. The lowest BCUT2D eigenvalue weighted by Crippen LogP contribution is -2.30. The van der Waals surface area contributed by atoms with Crippen LogP contribution in [-0.4, -0.2) is 45.2 Å². The Kier molecular flexibility index (Phi) is 8.32. The van der Waals surface area contributed by atoms with E-state index in [-0.39, 0.29) is 5.82 Å². The Morgan fingerprint density at radius 1 is 1.16 bits per heavy atom. The summed E-state index contributed by atoms with van der Waals surface area (Å²) in [5, 5.41) is 17.9. The second kappa shape index (κ2) is 11.5. The van der Waals surface area contributed by atoms with E-state index in [4.69, 9.17) is 9.84 Å². The summed E-state index contributed by atoms with van der Waals surface area (Å²) in [4.78, 5) is 16.4. The molecule has 0 aliphatic carbocycles. The molecule has 1 amide bonds. The van der Waals surface area contributed by atoms with Gasteiger partial charge in [0.15, 0.2) is 0 Å². The smallest absolute Gasteiger partial charge is 0.405 e. The third-order valence-corrected chi connectivity index (χ3v) is 8.05. The Balaban J connectivity index is 1.56. The van der Waals surface area contributed by atoms with Gasteiger partial charge >= 0.3 is 6.09 Å². The molecule has 0 aliphatic rings. The molecular formula is C28H36FN5O3Si. The van der Waals surface area contributed by atoms with E-state index in [1.54, 1.807) is 6.07 Å². The van der Waals surface area contributed by atoms with Crippen LogP contribution < -0.4 is 5.32 Å². The molecule has 202 valence electrons. The van der Waals surface area contributed by atoms with E-state index in [2.05, 4.69) is 29.9 Å². The van der Waals surface area contributed by atoms with Crippen LogP contribution >= 0.6 is 0 Å². The Morgan fingerprint density at radius 3 is 2.66 bits per heavy atom. The van der Waals surface area contributed by atoms with Crippen molar-refractivity contribution in [3.05, 3.63) is 82.8 Å². The molecule has 0 bridgehead atoms. The average molecular weight is 538 g/mol. The number of nitrogens with one attached hydrogen (secondary N) is 1. The summed E-state index contributed by atoms with van der Waals surface area (Å²) in [7, 11) is -1.15. The van der Waals surface area contributed by atoms with Crippen molar-refractivity contribution in [3.8, 4) is 0 Å². The second-order valence-electron chi connectivity index (χ2n) is 11.1. The Labute approximate surface area is 223 Å². The number of nitrogens with zero attached hydrogens (tertiary/aromatic N) is 4.